The standard InChI is InChI=1S/C25H24N2O5.C2HF3O2.H2O/c28-23(19-2-1-3-21(13-19)27-31)15-26-14-22-10-8-20-12-18(9-11-24(20)32-22)16-4-6-17(7-5-16)25(29)30;3-2(4,5)1(6)7;/h1-7,9,11-13,22-23,26,28H,8,10,14-15H2,(H,29,30);(H,6,7);1H2/t22-,23?;;/m1../s1. The fraction of sp³-hybridized carbons (Fsp3) is 0.259. The fourth-order valence-electron chi connectivity index (χ4n) is 3.88. The second kappa shape index (κ2) is 14.2. The molecule has 13 heteroatoms. The quantitative estimate of drug-likeness (QED) is 0.275. The van der Waals surface area contributed by atoms with Crippen molar-refractivity contribution in [3.05, 3.63) is 88.3 Å². The molecule has 0 aliphatic carbocycles. The maximum Gasteiger partial charge on any atom is 0.490 e. The third-order valence-electron chi connectivity index (χ3n) is 5.90. The van der Waals surface area contributed by atoms with Crippen LogP contribution in [-0.2, 0) is 11.2 Å². The topological polar surface area (TPSA) is 177 Å². The van der Waals surface area contributed by atoms with E-state index >= 15 is 0 Å². The van der Waals surface area contributed by atoms with Gasteiger partial charge in [0.25, 0.3) is 5.69 Å². The number of hydrogen-bond donors (Lipinski definition) is 5. The van der Waals surface area contributed by atoms with Gasteiger partial charge in [0.05, 0.1) is 11.7 Å². The summed E-state index contributed by atoms with van der Waals surface area (Å²) in [6, 6.07) is 19.7. The Balaban J connectivity index is 0.000000623. The number of ether oxygens (including phenoxy) is 1. The van der Waals surface area contributed by atoms with Gasteiger partial charge in [-0.15, -0.1) is 0 Å². The van der Waals surface area contributed by atoms with E-state index in [2.05, 4.69) is 11.4 Å². The molecule has 4 rings (SSSR count). The largest absolute Gasteiger partial charge is 0.870 e. The number of aliphatic hydroxyl groups is 1. The summed E-state index contributed by atoms with van der Waals surface area (Å²) in [6.45, 7) is 0.967. The van der Waals surface area contributed by atoms with E-state index in [1.165, 1.54) is 0 Å². The van der Waals surface area contributed by atoms with Gasteiger partial charge in [-0.05, 0) is 59.4 Å². The van der Waals surface area contributed by atoms with Crippen LogP contribution in [0, 0.1) is 4.91 Å². The lowest BCUT2D eigenvalue weighted by Crippen LogP contribution is -2.55. The maximum atomic E-state index is 11.0. The molecular formula is C27H27F3N2O8. The second-order valence-corrected chi connectivity index (χ2v) is 8.69. The Morgan fingerprint density at radius 3 is 2.27 bits per heavy atom. The number of aromatic carboxylic acids is 1. The summed E-state index contributed by atoms with van der Waals surface area (Å²) < 4.78 is 37.9. The molecule has 0 saturated heterocycles. The zero-order valence-electron chi connectivity index (χ0n) is 20.9. The van der Waals surface area contributed by atoms with Crippen molar-refractivity contribution >= 4 is 17.6 Å². The van der Waals surface area contributed by atoms with Crippen LogP contribution in [0.1, 0.15) is 34.0 Å². The van der Waals surface area contributed by atoms with Gasteiger partial charge in [0.2, 0.25) is 0 Å². The van der Waals surface area contributed by atoms with Crippen molar-refractivity contribution in [3.63, 3.8) is 0 Å². The first-order valence-electron chi connectivity index (χ1n) is 11.8. The van der Waals surface area contributed by atoms with Gasteiger partial charge in [-0.1, -0.05) is 30.3 Å². The zero-order chi connectivity index (χ0) is 28.6. The Morgan fingerprint density at radius 1 is 1.02 bits per heavy atom. The van der Waals surface area contributed by atoms with Crippen molar-refractivity contribution in [1.82, 2.24) is 5.32 Å². The van der Waals surface area contributed by atoms with Gasteiger partial charge in [0, 0.05) is 35.3 Å². The summed E-state index contributed by atoms with van der Waals surface area (Å²) in [4.78, 5) is 30.7. The highest BCUT2D eigenvalue weighted by molar-refractivity contribution is 5.88. The van der Waals surface area contributed by atoms with E-state index in [-0.39, 0.29) is 17.1 Å². The van der Waals surface area contributed by atoms with Gasteiger partial charge in [0.1, 0.15) is 11.9 Å². The summed E-state index contributed by atoms with van der Waals surface area (Å²) in [6.07, 6.45) is -4.06. The molecule has 6 N–H and O–H groups in total. The van der Waals surface area contributed by atoms with E-state index in [1.54, 1.807) is 36.4 Å². The average Bonchev–Trinajstić information content (AvgIpc) is 2.92. The van der Waals surface area contributed by atoms with Crippen molar-refractivity contribution in [3.8, 4) is 16.9 Å². The average molecular weight is 565 g/mol. The SMILES string of the molecule is O=C(O)C(F)(F)F.O=[NH+]c1cccc(C(O)CNC[C@H]2CCc3cc(-c4ccc(C(=O)O)cc4)ccc3O2)c1.[OH-]. The number of rotatable bonds is 8. The molecule has 0 radical (unpaired) electrons. The molecule has 2 atom stereocenters. The number of aliphatic carboxylic acids is 1. The van der Waals surface area contributed by atoms with Crippen LogP contribution in [0.3, 0.4) is 0 Å². The van der Waals surface area contributed by atoms with Crippen LogP contribution in [0.5, 0.6) is 5.75 Å². The number of carboxylic acids is 2. The van der Waals surface area contributed by atoms with Gasteiger partial charge in [0.15, 0.2) is 0 Å². The molecule has 0 spiro atoms. The molecule has 214 valence electrons. The molecule has 1 aliphatic heterocycles. The van der Waals surface area contributed by atoms with Crippen LogP contribution in [0.2, 0.25) is 0 Å². The zero-order valence-corrected chi connectivity index (χ0v) is 20.9. The van der Waals surface area contributed by atoms with Crippen LogP contribution >= 0.6 is 0 Å². The minimum absolute atomic E-state index is 0. The summed E-state index contributed by atoms with van der Waals surface area (Å²) in [5.41, 5.74) is 4.49. The summed E-state index contributed by atoms with van der Waals surface area (Å²) in [5.74, 6) is -2.84. The number of fused-ring (bicyclic) bond motifs is 1. The van der Waals surface area contributed by atoms with Gasteiger partial charge in [-0.25, -0.2) is 9.59 Å². The van der Waals surface area contributed by atoms with Crippen molar-refractivity contribution in [1.29, 1.82) is 0 Å². The number of halogens is 3. The molecule has 40 heavy (non-hydrogen) atoms. The maximum absolute atomic E-state index is 11.0. The Morgan fingerprint density at radius 2 is 1.68 bits per heavy atom. The van der Waals surface area contributed by atoms with E-state index in [1.807, 2.05) is 29.4 Å². The number of nitrogens with one attached hydrogen (secondary N) is 2. The van der Waals surface area contributed by atoms with Crippen LogP contribution in [0.25, 0.3) is 11.1 Å². The predicted octanol–water partition coefficient (Wildman–Crippen LogP) is 3.00. The third-order valence-corrected chi connectivity index (χ3v) is 5.90. The Hall–Kier alpha value is -4.33. The van der Waals surface area contributed by atoms with Crippen LogP contribution in [0.4, 0.5) is 18.9 Å². The van der Waals surface area contributed by atoms with Crippen molar-refractivity contribution in [2.24, 2.45) is 0 Å². The van der Waals surface area contributed by atoms with E-state index in [9.17, 15) is 28.0 Å². The minimum atomic E-state index is -5.08. The Bertz CT molecular complexity index is 1320. The first-order valence-corrected chi connectivity index (χ1v) is 11.8. The van der Waals surface area contributed by atoms with Crippen molar-refractivity contribution in [2.45, 2.75) is 31.2 Å². The Kier molecular flexibility index (Phi) is 11.3. The monoisotopic (exact) mass is 564 g/mol. The number of alkyl halides is 3. The molecule has 0 bridgehead atoms. The number of carbonyl (C=O) groups is 2. The van der Waals surface area contributed by atoms with Crippen LogP contribution in [0.15, 0.2) is 66.7 Å². The number of aryl methyl sites for hydroxylation is 1. The lowest BCUT2D eigenvalue weighted by atomic mass is 9.96. The van der Waals surface area contributed by atoms with E-state index in [4.69, 9.17) is 19.7 Å². The first-order chi connectivity index (χ1) is 18.5. The number of aliphatic hydroxyl groups excluding tert-OH is 1. The summed E-state index contributed by atoms with van der Waals surface area (Å²) in [5, 5.41) is 31.6. The van der Waals surface area contributed by atoms with E-state index in [0.29, 0.717) is 24.3 Å². The molecular weight excluding hydrogens is 537 g/mol. The molecule has 1 unspecified atom stereocenters. The lowest BCUT2D eigenvalue weighted by molar-refractivity contribution is -0.379. The highest BCUT2D eigenvalue weighted by atomic mass is 19.4. The normalized spacial score (nSPS) is 14.8. The highest BCUT2D eigenvalue weighted by Crippen LogP contribution is 2.32. The molecule has 0 aromatic heterocycles. The summed E-state index contributed by atoms with van der Waals surface area (Å²) >= 11 is 0. The molecule has 0 saturated carbocycles. The molecule has 10 nitrogen and oxygen atoms in total. The second-order valence-electron chi connectivity index (χ2n) is 8.69. The molecule has 1 heterocycles. The van der Waals surface area contributed by atoms with E-state index < -0.39 is 24.2 Å². The van der Waals surface area contributed by atoms with Gasteiger partial charge in [-0.2, -0.15) is 13.2 Å². The minimum Gasteiger partial charge on any atom is -0.870 e. The van der Waals surface area contributed by atoms with Crippen LogP contribution < -0.4 is 15.2 Å². The van der Waals surface area contributed by atoms with Crippen molar-refractivity contribution < 1.29 is 53.5 Å². The smallest absolute Gasteiger partial charge is 0.490 e. The highest BCUT2D eigenvalue weighted by Gasteiger charge is 2.38. The third kappa shape index (κ3) is 8.86. The molecule has 0 amide bonds. The van der Waals surface area contributed by atoms with Gasteiger partial charge < -0.3 is 30.8 Å². The number of benzene rings is 3. The fourth-order valence-corrected chi connectivity index (χ4v) is 3.88. The van der Waals surface area contributed by atoms with E-state index in [0.717, 1.165) is 35.3 Å². The number of hydrogen-bond acceptors (Lipinski definition) is 7. The molecule has 3 aromatic carbocycles. The Labute approximate surface area is 226 Å². The predicted molar refractivity (Wildman–Crippen MR) is 135 cm³/mol. The van der Waals surface area contributed by atoms with Gasteiger partial charge in [-0.3, -0.25) is 0 Å². The van der Waals surface area contributed by atoms with Gasteiger partial charge >= 0.3 is 18.1 Å². The number of nitroso groups, excluding NO2 is 1. The summed E-state index contributed by atoms with van der Waals surface area (Å²) in [7, 11) is 0. The van der Waals surface area contributed by atoms with Crippen molar-refractivity contribution in [2.75, 3.05) is 13.1 Å². The molecule has 0 fully saturated rings. The first kappa shape index (κ1) is 31.9. The van der Waals surface area contributed by atoms with Crippen LogP contribution in [-0.4, -0.2) is 58.1 Å². The number of carboxylic acid groups (broad SMARTS) is 2. The lowest BCUT2D eigenvalue weighted by Gasteiger charge is -2.27. The molecule has 3 aromatic rings. The molecule has 1 aliphatic rings.